The van der Waals surface area contributed by atoms with Crippen LogP contribution in [0.5, 0.6) is 0 Å². The van der Waals surface area contributed by atoms with Gasteiger partial charge in [0.05, 0.1) is 6.61 Å². The highest BCUT2D eigenvalue weighted by atomic mass is 32.2. The van der Waals surface area contributed by atoms with Crippen LogP contribution in [0.1, 0.15) is 12.0 Å². The fourth-order valence-electron chi connectivity index (χ4n) is 2.37. The molecular formula is C18H32N4OS. The Kier molecular flexibility index (Phi) is 10.5. The highest BCUT2D eigenvalue weighted by molar-refractivity contribution is 7.98. The maximum Gasteiger partial charge on any atom is 0.193 e. The van der Waals surface area contributed by atoms with Crippen LogP contribution < -0.4 is 5.32 Å². The normalized spacial score (nSPS) is 11.8. The van der Waals surface area contributed by atoms with Crippen LogP contribution in [0.2, 0.25) is 0 Å². The molecule has 0 atom stereocenters. The Bertz CT molecular complexity index is 478. The van der Waals surface area contributed by atoms with E-state index in [2.05, 4.69) is 64.7 Å². The van der Waals surface area contributed by atoms with Crippen LogP contribution in [0.25, 0.3) is 0 Å². The molecule has 0 aliphatic heterocycles. The molecule has 0 saturated heterocycles. The van der Waals surface area contributed by atoms with Crippen molar-refractivity contribution >= 4 is 17.7 Å². The maximum absolute atomic E-state index is 5.09. The van der Waals surface area contributed by atoms with Crippen molar-refractivity contribution in [3.63, 3.8) is 0 Å². The molecule has 0 aromatic heterocycles. The number of hydrogen-bond donors (Lipinski definition) is 1. The van der Waals surface area contributed by atoms with Gasteiger partial charge in [-0.15, -0.1) is 11.8 Å². The van der Waals surface area contributed by atoms with E-state index in [1.165, 1.54) is 10.5 Å². The summed E-state index contributed by atoms with van der Waals surface area (Å²) in [6.07, 6.45) is 3.18. The Morgan fingerprint density at radius 1 is 1.21 bits per heavy atom. The number of nitrogens with one attached hydrogen (secondary N) is 1. The van der Waals surface area contributed by atoms with Gasteiger partial charge in [-0.05, 0) is 44.0 Å². The van der Waals surface area contributed by atoms with Gasteiger partial charge in [0.1, 0.15) is 0 Å². The number of ether oxygens (including phenoxy) is 1. The van der Waals surface area contributed by atoms with Gasteiger partial charge in [-0.3, -0.25) is 4.99 Å². The van der Waals surface area contributed by atoms with E-state index in [-0.39, 0.29) is 0 Å². The lowest BCUT2D eigenvalue weighted by Gasteiger charge is -2.23. The van der Waals surface area contributed by atoms with Crippen molar-refractivity contribution in [2.75, 3.05) is 60.7 Å². The Balaban J connectivity index is 2.34. The predicted octanol–water partition coefficient (Wildman–Crippen LogP) is 2.38. The van der Waals surface area contributed by atoms with E-state index in [1.54, 1.807) is 18.9 Å². The first-order valence-corrected chi connectivity index (χ1v) is 9.55. The molecule has 0 aliphatic carbocycles. The second-order valence-electron chi connectivity index (χ2n) is 5.83. The van der Waals surface area contributed by atoms with Gasteiger partial charge in [-0.1, -0.05) is 12.1 Å². The lowest BCUT2D eigenvalue weighted by atomic mass is 10.2. The highest BCUT2D eigenvalue weighted by Gasteiger charge is 2.06. The van der Waals surface area contributed by atoms with Crippen molar-refractivity contribution in [1.82, 2.24) is 15.1 Å². The molecular weight excluding hydrogens is 320 g/mol. The number of benzene rings is 1. The van der Waals surface area contributed by atoms with Gasteiger partial charge < -0.3 is 19.9 Å². The molecule has 24 heavy (non-hydrogen) atoms. The third-order valence-corrected chi connectivity index (χ3v) is 4.57. The molecule has 5 nitrogen and oxygen atoms in total. The van der Waals surface area contributed by atoms with Crippen LogP contribution in [0.15, 0.2) is 34.2 Å². The molecule has 0 heterocycles. The van der Waals surface area contributed by atoms with E-state index < -0.39 is 0 Å². The topological polar surface area (TPSA) is 40.1 Å². The second kappa shape index (κ2) is 12.2. The quantitative estimate of drug-likeness (QED) is 0.303. The molecule has 0 aliphatic rings. The number of guanidine groups is 1. The summed E-state index contributed by atoms with van der Waals surface area (Å²) < 4.78 is 5.09. The number of hydrogen-bond acceptors (Lipinski definition) is 4. The average molecular weight is 353 g/mol. The van der Waals surface area contributed by atoms with E-state index in [1.807, 2.05) is 7.05 Å². The zero-order valence-electron chi connectivity index (χ0n) is 15.7. The second-order valence-corrected chi connectivity index (χ2v) is 6.71. The van der Waals surface area contributed by atoms with Crippen LogP contribution in [0, 0.1) is 0 Å². The molecule has 0 saturated carbocycles. The van der Waals surface area contributed by atoms with Crippen LogP contribution in [0.3, 0.4) is 0 Å². The Labute approximate surface area is 151 Å². The molecule has 6 heteroatoms. The fourth-order valence-corrected chi connectivity index (χ4v) is 2.78. The van der Waals surface area contributed by atoms with Gasteiger partial charge in [0.2, 0.25) is 0 Å². The minimum absolute atomic E-state index is 0.781. The SMILES string of the molecule is CN=C(NCCCN(C)CCOC)N(C)Cc1ccc(SC)cc1. The summed E-state index contributed by atoms with van der Waals surface area (Å²) >= 11 is 1.77. The smallest absolute Gasteiger partial charge is 0.193 e. The van der Waals surface area contributed by atoms with Crippen molar-refractivity contribution in [1.29, 1.82) is 0 Å². The van der Waals surface area contributed by atoms with E-state index in [0.717, 1.165) is 45.2 Å². The minimum Gasteiger partial charge on any atom is -0.383 e. The van der Waals surface area contributed by atoms with Crippen molar-refractivity contribution in [3.8, 4) is 0 Å². The van der Waals surface area contributed by atoms with Crippen LogP contribution in [-0.2, 0) is 11.3 Å². The zero-order chi connectivity index (χ0) is 17.8. The molecule has 1 aromatic rings. The molecule has 0 amide bonds. The monoisotopic (exact) mass is 352 g/mol. The summed E-state index contributed by atoms with van der Waals surface area (Å²) in [6, 6.07) is 8.69. The molecule has 0 spiro atoms. The first-order chi connectivity index (χ1) is 11.6. The van der Waals surface area contributed by atoms with Crippen LogP contribution in [-0.4, -0.2) is 76.5 Å². The van der Waals surface area contributed by atoms with Crippen molar-refractivity contribution in [2.24, 2.45) is 4.99 Å². The van der Waals surface area contributed by atoms with Gasteiger partial charge >= 0.3 is 0 Å². The molecule has 0 bridgehead atoms. The summed E-state index contributed by atoms with van der Waals surface area (Å²) in [5, 5.41) is 3.44. The van der Waals surface area contributed by atoms with Crippen LogP contribution >= 0.6 is 11.8 Å². The molecule has 0 unspecified atom stereocenters. The summed E-state index contributed by atoms with van der Waals surface area (Å²) in [5.41, 5.74) is 1.29. The Morgan fingerprint density at radius 2 is 1.92 bits per heavy atom. The summed E-state index contributed by atoms with van der Waals surface area (Å²) in [4.78, 5) is 10.1. The van der Waals surface area contributed by atoms with Crippen molar-refractivity contribution in [2.45, 2.75) is 17.9 Å². The third kappa shape index (κ3) is 8.04. The van der Waals surface area contributed by atoms with Crippen molar-refractivity contribution in [3.05, 3.63) is 29.8 Å². The summed E-state index contributed by atoms with van der Waals surface area (Å²) in [6.45, 7) is 4.57. The minimum atomic E-state index is 0.781. The Morgan fingerprint density at radius 3 is 2.50 bits per heavy atom. The van der Waals surface area contributed by atoms with Gasteiger partial charge in [0, 0.05) is 45.7 Å². The molecule has 0 radical (unpaired) electrons. The number of nitrogens with zero attached hydrogens (tertiary/aromatic N) is 3. The third-order valence-electron chi connectivity index (χ3n) is 3.83. The van der Waals surface area contributed by atoms with E-state index in [4.69, 9.17) is 4.74 Å². The largest absolute Gasteiger partial charge is 0.383 e. The lowest BCUT2D eigenvalue weighted by molar-refractivity contribution is 0.161. The molecule has 1 rings (SSSR count). The number of likely N-dealkylation sites (N-methyl/N-ethyl adjacent to an activating group) is 1. The van der Waals surface area contributed by atoms with Gasteiger partial charge in [0.25, 0.3) is 0 Å². The lowest BCUT2D eigenvalue weighted by Crippen LogP contribution is -2.39. The van der Waals surface area contributed by atoms with E-state index >= 15 is 0 Å². The maximum atomic E-state index is 5.09. The summed E-state index contributed by atoms with van der Waals surface area (Å²) in [7, 11) is 7.77. The average Bonchev–Trinajstić information content (AvgIpc) is 2.60. The van der Waals surface area contributed by atoms with Gasteiger partial charge in [-0.25, -0.2) is 0 Å². The fraction of sp³-hybridized carbons (Fsp3) is 0.611. The number of aliphatic imine (C=N–C) groups is 1. The molecule has 136 valence electrons. The molecule has 0 fully saturated rings. The zero-order valence-corrected chi connectivity index (χ0v) is 16.5. The van der Waals surface area contributed by atoms with E-state index in [9.17, 15) is 0 Å². The predicted molar refractivity (Wildman–Crippen MR) is 105 cm³/mol. The number of methoxy groups -OCH3 is 1. The van der Waals surface area contributed by atoms with Crippen molar-refractivity contribution < 1.29 is 4.74 Å². The summed E-state index contributed by atoms with van der Waals surface area (Å²) in [5.74, 6) is 0.934. The molecule has 1 N–H and O–H groups in total. The standard InChI is InChI=1S/C18H32N4OS/c1-19-18(20-11-6-12-21(2)13-14-23-4)22(3)15-16-7-9-17(24-5)10-8-16/h7-10H,6,11-15H2,1-5H3,(H,19,20). The van der Waals surface area contributed by atoms with E-state index in [0.29, 0.717) is 0 Å². The van der Waals surface area contributed by atoms with Gasteiger partial charge in [0.15, 0.2) is 5.96 Å². The first-order valence-electron chi connectivity index (χ1n) is 8.33. The highest BCUT2D eigenvalue weighted by Crippen LogP contribution is 2.15. The molecule has 1 aromatic carbocycles. The number of rotatable bonds is 10. The Hall–Kier alpha value is -1.24. The first kappa shape index (κ1) is 20.8. The number of thioether (sulfide) groups is 1. The van der Waals surface area contributed by atoms with Crippen LogP contribution in [0.4, 0.5) is 0 Å². The van der Waals surface area contributed by atoms with Gasteiger partial charge in [-0.2, -0.15) is 0 Å².